The normalized spacial score (nSPS) is 20.7. The summed E-state index contributed by atoms with van der Waals surface area (Å²) in [6.45, 7) is 0.498. The van der Waals surface area contributed by atoms with Gasteiger partial charge < -0.3 is 15.0 Å². The Balaban J connectivity index is 1.65. The van der Waals surface area contributed by atoms with Crippen LogP contribution in [0.5, 0.6) is 5.75 Å². The van der Waals surface area contributed by atoms with Gasteiger partial charge in [0.2, 0.25) is 5.78 Å². The lowest BCUT2D eigenvalue weighted by Gasteiger charge is -2.26. The van der Waals surface area contributed by atoms with Gasteiger partial charge in [-0.05, 0) is 49.9 Å². The quantitative estimate of drug-likeness (QED) is 0.820. The van der Waals surface area contributed by atoms with Crippen molar-refractivity contribution in [1.29, 1.82) is 0 Å². The van der Waals surface area contributed by atoms with Gasteiger partial charge in [-0.25, -0.2) is 0 Å². The molecule has 6 nitrogen and oxygen atoms in total. The van der Waals surface area contributed by atoms with E-state index in [9.17, 15) is 14.4 Å². The molecule has 0 bridgehead atoms. The molecule has 0 aromatic heterocycles. The molecule has 1 aromatic rings. The highest BCUT2D eigenvalue weighted by atomic mass is 16.5. The number of nitrogens with one attached hydrogen (secondary N) is 1. The first kappa shape index (κ1) is 18.4. The number of ether oxygens (including phenoxy) is 1. The molecule has 1 aliphatic heterocycles. The maximum absolute atomic E-state index is 12.8. The Morgan fingerprint density at radius 3 is 2.35 bits per heavy atom. The minimum absolute atomic E-state index is 0.0901. The van der Waals surface area contributed by atoms with E-state index in [0.717, 1.165) is 32.1 Å². The zero-order valence-electron chi connectivity index (χ0n) is 15.2. The summed E-state index contributed by atoms with van der Waals surface area (Å²) in [7, 11) is 1.57. The predicted molar refractivity (Wildman–Crippen MR) is 97.1 cm³/mol. The van der Waals surface area contributed by atoms with E-state index in [4.69, 9.17) is 4.74 Å². The van der Waals surface area contributed by atoms with Crippen LogP contribution in [-0.4, -0.2) is 48.2 Å². The molecule has 0 radical (unpaired) electrons. The van der Waals surface area contributed by atoms with Gasteiger partial charge in [0.15, 0.2) is 0 Å². The van der Waals surface area contributed by atoms with Crippen LogP contribution in [0, 0.1) is 0 Å². The van der Waals surface area contributed by atoms with Crippen LogP contribution in [0.15, 0.2) is 24.3 Å². The zero-order valence-corrected chi connectivity index (χ0v) is 15.2. The maximum Gasteiger partial charge on any atom is 0.289 e. The van der Waals surface area contributed by atoms with E-state index in [2.05, 4.69) is 5.32 Å². The van der Waals surface area contributed by atoms with Crippen LogP contribution in [0.2, 0.25) is 0 Å². The predicted octanol–water partition coefficient (Wildman–Crippen LogP) is 2.32. The van der Waals surface area contributed by atoms with Crippen molar-refractivity contribution in [1.82, 2.24) is 10.2 Å². The summed E-state index contributed by atoms with van der Waals surface area (Å²) in [5, 5.41) is 2.87. The summed E-state index contributed by atoms with van der Waals surface area (Å²) >= 11 is 0. The van der Waals surface area contributed by atoms with Crippen molar-refractivity contribution in [2.24, 2.45) is 0 Å². The Labute approximate surface area is 153 Å². The molecular weight excluding hydrogens is 332 g/mol. The number of likely N-dealkylation sites (tertiary alicyclic amines) is 1. The number of nitrogens with zero attached hydrogens (tertiary/aromatic N) is 1. The van der Waals surface area contributed by atoms with Gasteiger partial charge in [0.25, 0.3) is 11.8 Å². The third-order valence-corrected chi connectivity index (χ3v) is 5.32. The van der Waals surface area contributed by atoms with E-state index < -0.39 is 17.7 Å². The van der Waals surface area contributed by atoms with Gasteiger partial charge in [-0.15, -0.1) is 0 Å². The second kappa shape index (κ2) is 8.34. The first-order valence-corrected chi connectivity index (χ1v) is 9.40. The van der Waals surface area contributed by atoms with Crippen molar-refractivity contribution in [2.45, 2.75) is 57.0 Å². The van der Waals surface area contributed by atoms with Crippen molar-refractivity contribution >= 4 is 17.6 Å². The number of benzene rings is 1. The lowest BCUT2D eigenvalue weighted by molar-refractivity contribution is -0.140. The molecule has 2 fully saturated rings. The number of ketones is 1. The third-order valence-electron chi connectivity index (χ3n) is 5.32. The third kappa shape index (κ3) is 4.06. The number of rotatable bonds is 5. The van der Waals surface area contributed by atoms with E-state index in [-0.39, 0.29) is 11.9 Å². The number of carbonyl (C=O) groups excluding carboxylic acids is 3. The molecule has 6 heteroatoms. The molecule has 2 aliphatic rings. The minimum Gasteiger partial charge on any atom is -0.497 e. The highest BCUT2D eigenvalue weighted by molar-refractivity contribution is 6.38. The molecule has 1 aliphatic carbocycles. The molecule has 1 saturated carbocycles. The lowest BCUT2D eigenvalue weighted by atomic mass is 9.95. The standard InChI is InChI=1S/C20H26N2O4/c1-26-16-11-9-14(10-12-16)20(25)22-13-5-8-17(22)18(23)19(24)21-15-6-3-2-4-7-15/h9-12,15,17H,2-8,13H2,1H3,(H,21,24)/t17-/m0/s1. The molecule has 0 spiro atoms. The monoisotopic (exact) mass is 358 g/mol. The smallest absolute Gasteiger partial charge is 0.289 e. The average molecular weight is 358 g/mol. The van der Waals surface area contributed by atoms with Crippen LogP contribution in [0.25, 0.3) is 0 Å². The van der Waals surface area contributed by atoms with Crippen molar-refractivity contribution in [3.8, 4) is 5.75 Å². The minimum atomic E-state index is -0.659. The Morgan fingerprint density at radius 1 is 1.00 bits per heavy atom. The lowest BCUT2D eigenvalue weighted by Crippen LogP contribution is -2.49. The van der Waals surface area contributed by atoms with E-state index >= 15 is 0 Å². The van der Waals surface area contributed by atoms with Crippen molar-refractivity contribution < 1.29 is 19.1 Å². The highest BCUT2D eigenvalue weighted by Crippen LogP contribution is 2.23. The molecule has 0 unspecified atom stereocenters. The molecule has 1 atom stereocenters. The van der Waals surface area contributed by atoms with Crippen LogP contribution in [0.1, 0.15) is 55.3 Å². The molecule has 3 rings (SSSR count). The maximum atomic E-state index is 12.8. The van der Waals surface area contributed by atoms with E-state index in [1.54, 1.807) is 31.4 Å². The van der Waals surface area contributed by atoms with Crippen LogP contribution < -0.4 is 10.1 Å². The summed E-state index contributed by atoms with van der Waals surface area (Å²) in [6, 6.07) is 6.23. The fourth-order valence-electron chi connectivity index (χ4n) is 3.84. The fraction of sp³-hybridized carbons (Fsp3) is 0.550. The molecule has 2 amide bonds. The first-order valence-electron chi connectivity index (χ1n) is 9.40. The number of amides is 2. The van der Waals surface area contributed by atoms with Gasteiger partial charge in [-0.1, -0.05) is 19.3 Å². The molecular formula is C20H26N2O4. The number of carbonyl (C=O) groups is 3. The van der Waals surface area contributed by atoms with Gasteiger partial charge in [-0.2, -0.15) is 0 Å². The van der Waals surface area contributed by atoms with Crippen molar-refractivity contribution in [3.63, 3.8) is 0 Å². The summed E-state index contributed by atoms with van der Waals surface area (Å²) < 4.78 is 5.11. The molecule has 1 heterocycles. The summed E-state index contributed by atoms with van der Waals surface area (Å²) in [5.41, 5.74) is 0.498. The molecule has 1 saturated heterocycles. The molecule has 26 heavy (non-hydrogen) atoms. The van der Waals surface area contributed by atoms with Crippen LogP contribution in [0.3, 0.4) is 0 Å². The molecule has 1 N–H and O–H groups in total. The fourth-order valence-corrected chi connectivity index (χ4v) is 3.84. The highest BCUT2D eigenvalue weighted by Gasteiger charge is 2.38. The van der Waals surface area contributed by atoms with Crippen LogP contribution in [-0.2, 0) is 9.59 Å². The Morgan fingerprint density at radius 2 is 1.69 bits per heavy atom. The summed E-state index contributed by atoms with van der Waals surface area (Å²) in [5.74, 6) is -0.581. The number of methoxy groups -OCH3 is 1. The van der Waals surface area contributed by atoms with Gasteiger partial charge in [0.05, 0.1) is 7.11 Å². The largest absolute Gasteiger partial charge is 0.497 e. The first-order chi connectivity index (χ1) is 12.6. The summed E-state index contributed by atoms with van der Waals surface area (Å²) in [4.78, 5) is 39.3. The Kier molecular flexibility index (Phi) is 5.91. The topological polar surface area (TPSA) is 75.7 Å². The second-order valence-electron chi connectivity index (χ2n) is 7.06. The van der Waals surface area contributed by atoms with Gasteiger partial charge >= 0.3 is 0 Å². The molecule has 1 aromatic carbocycles. The average Bonchev–Trinajstić information content (AvgIpc) is 3.17. The van der Waals surface area contributed by atoms with E-state index in [1.807, 2.05) is 0 Å². The zero-order chi connectivity index (χ0) is 18.5. The Hall–Kier alpha value is -2.37. The van der Waals surface area contributed by atoms with Crippen LogP contribution >= 0.6 is 0 Å². The second-order valence-corrected chi connectivity index (χ2v) is 7.06. The Bertz CT molecular complexity index is 665. The number of hydrogen-bond donors (Lipinski definition) is 1. The van der Waals surface area contributed by atoms with E-state index in [0.29, 0.717) is 24.3 Å². The van der Waals surface area contributed by atoms with Crippen LogP contribution in [0.4, 0.5) is 0 Å². The summed E-state index contributed by atoms with van der Waals surface area (Å²) in [6.07, 6.45) is 6.49. The van der Waals surface area contributed by atoms with E-state index in [1.165, 1.54) is 11.3 Å². The molecule has 140 valence electrons. The van der Waals surface area contributed by atoms with Crippen molar-refractivity contribution in [3.05, 3.63) is 29.8 Å². The van der Waals surface area contributed by atoms with Gasteiger partial charge in [0, 0.05) is 18.2 Å². The number of Topliss-reactive ketones (excluding diaryl/α,β-unsaturated/α-hetero) is 1. The van der Waals surface area contributed by atoms with Gasteiger partial charge in [0.1, 0.15) is 11.8 Å². The van der Waals surface area contributed by atoms with Crippen molar-refractivity contribution in [2.75, 3.05) is 13.7 Å². The number of hydrogen-bond acceptors (Lipinski definition) is 4. The SMILES string of the molecule is COc1ccc(C(=O)N2CCC[C@H]2C(=O)C(=O)NC2CCCCC2)cc1. The van der Waals surface area contributed by atoms with Gasteiger partial charge in [-0.3, -0.25) is 14.4 Å².